The van der Waals surface area contributed by atoms with Gasteiger partial charge in [0.1, 0.15) is 11.5 Å². The van der Waals surface area contributed by atoms with Gasteiger partial charge in [0.15, 0.2) is 0 Å². The predicted molar refractivity (Wildman–Crippen MR) is 113 cm³/mol. The molecular weight excluding hydrogens is 356 g/mol. The molecule has 0 spiro atoms. The molecule has 27 heavy (non-hydrogen) atoms. The minimum Gasteiger partial charge on any atom is -0.508 e. The second kappa shape index (κ2) is 6.74. The summed E-state index contributed by atoms with van der Waals surface area (Å²) >= 11 is 6.35. The first-order valence-electron chi connectivity index (χ1n) is 9.75. The van der Waals surface area contributed by atoms with E-state index in [1.165, 1.54) is 12.0 Å². The summed E-state index contributed by atoms with van der Waals surface area (Å²) in [6, 6.07) is 9.95. The third kappa shape index (κ3) is 3.45. The second-order valence-electron chi connectivity index (χ2n) is 9.61. The molecule has 0 saturated heterocycles. The fourth-order valence-electron chi connectivity index (χ4n) is 4.91. The summed E-state index contributed by atoms with van der Waals surface area (Å²) in [5.74, 6) is 1.57. The Labute approximate surface area is 168 Å². The fraction of sp³-hybridized carbons (Fsp3) is 0.500. The molecule has 1 aliphatic rings. The van der Waals surface area contributed by atoms with Crippen LogP contribution in [0.5, 0.6) is 11.5 Å². The SMILES string of the molecule is Cc1cc([C@@]2(c3cc(C)c(O)c(Cl)c3)CC(CC(C)(C)C)[C@H]2C)ccc1O. The number of aryl methyl sites for hydroxylation is 2. The van der Waals surface area contributed by atoms with Crippen LogP contribution in [0.15, 0.2) is 30.3 Å². The molecule has 3 atom stereocenters. The fourth-order valence-corrected chi connectivity index (χ4v) is 5.18. The third-order valence-electron chi connectivity index (χ3n) is 6.42. The molecule has 3 rings (SSSR count). The summed E-state index contributed by atoms with van der Waals surface area (Å²) in [6.45, 7) is 13.1. The van der Waals surface area contributed by atoms with Gasteiger partial charge >= 0.3 is 0 Å². The van der Waals surface area contributed by atoms with Crippen LogP contribution >= 0.6 is 11.6 Å². The zero-order valence-corrected chi connectivity index (χ0v) is 18.0. The van der Waals surface area contributed by atoms with Crippen molar-refractivity contribution in [2.45, 2.75) is 59.8 Å². The molecule has 2 nitrogen and oxygen atoms in total. The van der Waals surface area contributed by atoms with Crippen molar-refractivity contribution in [3.05, 3.63) is 57.6 Å². The first kappa shape index (κ1) is 20.1. The van der Waals surface area contributed by atoms with Gasteiger partial charge in [-0.3, -0.25) is 0 Å². The Morgan fingerprint density at radius 1 is 1.04 bits per heavy atom. The second-order valence-corrected chi connectivity index (χ2v) is 10.0. The largest absolute Gasteiger partial charge is 0.508 e. The standard InChI is InChI=1S/C24H31ClO2/c1-14-9-18(7-8-21(14)26)24(13-17(16(24)3)12-23(4,5)6)19-10-15(2)22(27)20(25)11-19/h7-11,16-17,26-27H,12-13H2,1-6H3/t16-,17?,24-/m1/s1. The maximum atomic E-state index is 10.1. The highest BCUT2D eigenvalue weighted by atomic mass is 35.5. The lowest BCUT2D eigenvalue weighted by molar-refractivity contribution is 0.0434. The summed E-state index contributed by atoms with van der Waals surface area (Å²) in [4.78, 5) is 0. The first-order valence-corrected chi connectivity index (χ1v) is 10.1. The van der Waals surface area contributed by atoms with Crippen molar-refractivity contribution in [3.8, 4) is 11.5 Å². The van der Waals surface area contributed by atoms with Gasteiger partial charge in [0.2, 0.25) is 0 Å². The molecule has 0 aliphatic heterocycles. The maximum Gasteiger partial charge on any atom is 0.137 e. The van der Waals surface area contributed by atoms with E-state index in [1.54, 1.807) is 6.07 Å². The van der Waals surface area contributed by atoms with Gasteiger partial charge in [0.05, 0.1) is 5.02 Å². The molecule has 0 radical (unpaired) electrons. The molecule has 2 N–H and O–H groups in total. The van der Waals surface area contributed by atoms with Gasteiger partial charge in [0.25, 0.3) is 0 Å². The van der Waals surface area contributed by atoms with Crippen molar-refractivity contribution in [1.82, 2.24) is 0 Å². The molecule has 0 aromatic heterocycles. The van der Waals surface area contributed by atoms with E-state index < -0.39 is 0 Å². The molecule has 1 saturated carbocycles. The van der Waals surface area contributed by atoms with Crippen molar-refractivity contribution in [3.63, 3.8) is 0 Å². The molecular formula is C24H31ClO2. The van der Waals surface area contributed by atoms with Gasteiger partial charge in [0, 0.05) is 5.41 Å². The summed E-state index contributed by atoms with van der Waals surface area (Å²) in [5, 5.41) is 20.6. The maximum absolute atomic E-state index is 10.1. The van der Waals surface area contributed by atoms with E-state index in [9.17, 15) is 10.2 Å². The minimum absolute atomic E-state index is 0.142. The van der Waals surface area contributed by atoms with Gasteiger partial charge in [-0.1, -0.05) is 57.5 Å². The van der Waals surface area contributed by atoms with E-state index in [2.05, 4.69) is 39.8 Å². The van der Waals surface area contributed by atoms with Crippen LogP contribution in [0, 0.1) is 31.1 Å². The van der Waals surface area contributed by atoms with Gasteiger partial charge in [-0.25, -0.2) is 0 Å². The molecule has 3 heteroatoms. The first-order chi connectivity index (χ1) is 12.5. The minimum atomic E-state index is -0.142. The summed E-state index contributed by atoms with van der Waals surface area (Å²) < 4.78 is 0. The van der Waals surface area contributed by atoms with Gasteiger partial charge in [-0.15, -0.1) is 0 Å². The lowest BCUT2D eigenvalue weighted by Gasteiger charge is -2.56. The van der Waals surface area contributed by atoms with Crippen molar-refractivity contribution in [1.29, 1.82) is 0 Å². The molecule has 1 aliphatic carbocycles. The van der Waals surface area contributed by atoms with Crippen LogP contribution < -0.4 is 0 Å². The quantitative estimate of drug-likeness (QED) is 0.612. The van der Waals surface area contributed by atoms with Crippen molar-refractivity contribution in [2.24, 2.45) is 17.3 Å². The lowest BCUT2D eigenvalue weighted by atomic mass is 9.47. The summed E-state index contributed by atoms with van der Waals surface area (Å²) in [5.41, 5.74) is 4.22. The van der Waals surface area contributed by atoms with Crippen LogP contribution in [0.4, 0.5) is 0 Å². The number of halogens is 1. The van der Waals surface area contributed by atoms with Crippen LogP contribution in [0.2, 0.25) is 5.02 Å². The number of benzene rings is 2. The van der Waals surface area contributed by atoms with Crippen LogP contribution in [0.25, 0.3) is 0 Å². The van der Waals surface area contributed by atoms with Crippen LogP contribution in [-0.2, 0) is 5.41 Å². The van der Waals surface area contributed by atoms with Crippen LogP contribution in [0.1, 0.15) is 62.8 Å². The molecule has 0 heterocycles. The van der Waals surface area contributed by atoms with Crippen LogP contribution in [0.3, 0.4) is 0 Å². The molecule has 2 aromatic carbocycles. The van der Waals surface area contributed by atoms with Crippen molar-refractivity contribution < 1.29 is 10.2 Å². The Balaban J connectivity index is 2.13. The average Bonchev–Trinajstić information content (AvgIpc) is 2.57. The van der Waals surface area contributed by atoms with E-state index in [4.69, 9.17) is 11.6 Å². The normalized spacial score (nSPS) is 25.3. The highest BCUT2D eigenvalue weighted by molar-refractivity contribution is 6.32. The van der Waals surface area contributed by atoms with Gasteiger partial charge in [-0.2, -0.15) is 0 Å². The number of hydrogen-bond acceptors (Lipinski definition) is 2. The van der Waals surface area contributed by atoms with E-state index >= 15 is 0 Å². The van der Waals surface area contributed by atoms with Crippen molar-refractivity contribution >= 4 is 11.6 Å². The Bertz CT molecular complexity index is 842. The smallest absolute Gasteiger partial charge is 0.137 e. The zero-order chi connectivity index (χ0) is 20.1. The lowest BCUT2D eigenvalue weighted by Crippen LogP contribution is -2.51. The molecule has 1 unspecified atom stereocenters. The number of aromatic hydroxyl groups is 2. The third-order valence-corrected chi connectivity index (χ3v) is 6.71. The summed E-state index contributed by atoms with van der Waals surface area (Å²) in [6.07, 6.45) is 2.23. The topological polar surface area (TPSA) is 40.5 Å². The van der Waals surface area contributed by atoms with Gasteiger partial charge < -0.3 is 10.2 Å². The number of rotatable bonds is 3. The van der Waals surface area contributed by atoms with E-state index in [1.807, 2.05) is 26.0 Å². The molecule has 0 bridgehead atoms. The van der Waals surface area contributed by atoms with E-state index in [0.29, 0.717) is 28.0 Å². The van der Waals surface area contributed by atoms with E-state index in [0.717, 1.165) is 23.1 Å². The highest BCUT2D eigenvalue weighted by Gasteiger charge is 2.54. The highest BCUT2D eigenvalue weighted by Crippen LogP contribution is 2.60. The van der Waals surface area contributed by atoms with Crippen molar-refractivity contribution in [2.75, 3.05) is 0 Å². The van der Waals surface area contributed by atoms with E-state index in [-0.39, 0.29) is 11.2 Å². The number of hydrogen-bond donors (Lipinski definition) is 2. The number of phenolic OH excluding ortho intramolecular Hbond substituents is 2. The Hall–Kier alpha value is -1.67. The zero-order valence-electron chi connectivity index (χ0n) is 17.2. The molecule has 0 amide bonds. The Kier molecular flexibility index (Phi) is 5.01. The Morgan fingerprint density at radius 3 is 2.19 bits per heavy atom. The molecule has 146 valence electrons. The molecule has 2 aromatic rings. The predicted octanol–water partition coefficient (Wildman–Crippen LogP) is 6.75. The molecule has 1 fully saturated rings. The average molecular weight is 387 g/mol. The summed E-state index contributed by atoms with van der Waals surface area (Å²) in [7, 11) is 0. The van der Waals surface area contributed by atoms with Crippen LogP contribution in [-0.4, -0.2) is 10.2 Å². The monoisotopic (exact) mass is 386 g/mol. The van der Waals surface area contributed by atoms with Gasteiger partial charge in [-0.05, 0) is 78.3 Å². The number of phenols is 2. The Morgan fingerprint density at radius 2 is 1.67 bits per heavy atom.